The van der Waals surface area contributed by atoms with Crippen molar-refractivity contribution in [1.82, 2.24) is 0 Å². The molecule has 396 valence electrons. The summed E-state index contributed by atoms with van der Waals surface area (Å²) in [7, 11) is 0. The van der Waals surface area contributed by atoms with Crippen molar-refractivity contribution in [1.29, 1.82) is 0 Å². The first-order valence-corrected chi connectivity index (χ1v) is 28.1. The van der Waals surface area contributed by atoms with E-state index in [0.717, 1.165) is 107 Å². The third kappa shape index (κ3) is 12.7. The SMILES string of the molecule is Cc1cc(-c2ccccc2OCCCOc2ccccc2-c2cc(C)cc(-c3c4c(cc5c3CCCC5)CCCC4)c2O)c(O)c(-c2c3c(cc4c2CCCC4)CCCC3)c1.O=[C-]c1ccccc1.O=[C-]c1ccccc1.[Hf]. The molecule has 0 radical (unpaired) electrons. The Labute approximate surface area is 480 Å². The molecule has 0 amide bonds. The zero-order chi connectivity index (χ0) is 53.1. The first kappa shape index (κ1) is 55.9. The van der Waals surface area contributed by atoms with E-state index in [1.807, 2.05) is 48.5 Å². The molecule has 78 heavy (non-hydrogen) atoms. The minimum Gasteiger partial charge on any atom is -0.507 e. The molecule has 0 spiro atoms. The van der Waals surface area contributed by atoms with Gasteiger partial charge in [-0.05, 0) is 220 Å². The van der Waals surface area contributed by atoms with Crippen LogP contribution in [0.15, 0.2) is 146 Å². The van der Waals surface area contributed by atoms with E-state index in [0.29, 0.717) is 42.3 Å². The zero-order valence-electron chi connectivity index (χ0n) is 45.3. The molecule has 2 N–H and O–H groups in total. The number of para-hydroxylation sites is 2. The largest absolute Gasteiger partial charge is 0.507 e. The van der Waals surface area contributed by atoms with Crippen LogP contribution in [0.4, 0.5) is 0 Å². The number of rotatable bonds is 12. The number of phenols is 2. The maximum absolute atomic E-state index is 12.2. The van der Waals surface area contributed by atoms with Gasteiger partial charge in [0.2, 0.25) is 0 Å². The third-order valence-electron chi connectivity index (χ3n) is 15.9. The van der Waals surface area contributed by atoms with Crippen LogP contribution in [0.2, 0.25) is 0 Å². The number of hydrogen-bond acceptors (Lipinski definition) is 6. The summed E-state index contributed by atoms with van der Waals surface area (Å²) in [6.45, 7) is 5.21. The van der Waals surface area contributed by atoms with E-state index in [4.69, 9.17) is 9.47 Å². The predicted molar refractivity (Wildman–Crippen MR) is 312 cm³/mol. The molecule has 7 heteroatoms. The molecule has 0 saturated heterocycles. The van der Waals surface area contributed by atoms with Gasteiger partial charge < -0.3 is 29.3 Å². The second-order valence-electron chi connectivity index (χ2n) is 21.3. The average molecular weight is 1200 g/mol. The Morgan fingerprint density at radius 2 is 0.692 bits per heavy atom. The van der Waals surface area contributed by atoms with E-state index >= 15 is 0 Å². The van der Waals surface area contributed by atoms with E-state index in [9.17, 15) is 19.8 Å². The van der Waals surface area contributed by atoms with Crippen LogP contribution in [0.5, 0.6) is 23.0 Å². The molecule has 0 fully saturated rings. The van der Waals surface area contributed by atoms with Gasteiger partial charge in [-0.2, -0.15) is 35.4 Å². The molecule has 0 aliphatic heterocycles. The molecule has 0 atom stereocenters. The fraction of sp³-hybridized carbons (Fsp3) is 0.296. The van der Waals surface area contributed by atoms with Crippen molar-refractivity contribution in [3.8, 4) is 67.5 Å². The first-order valence-electron chi connectivity index (χ1n) is 28.1. The van der Waals surface area contributed by atoms with Crippen LogP contribution in [0.1, 0.15) is 125 Å². The normalized spacial score (nSPS) is 14.0. The maximum atomic E-state index is 12.2. The number of fused-ring (bicyclic) bond motifs is 4. The number of carbonyl (C=O) groups excluding carboxylic acids is 2. The molecule has 0 heterocycles. The number of aryl methyl sites for hydroxylation is 6. The average Bonchev–Trinajstić information content (AvgIpc) is 3.54. The van der Waals surface area contributed by atoms with Gasteiger partial charge in [0.25, 0.3) is 0 Å². The molecule has 0 unspecified atom stereocenters. The van der Waals surface area contributed by atoms with E-state index in [2.05, 4.69) is 62.4 Å². The van der Waals surface area contributed by atoms with Gasteiger partial charge in [-0.3, -0.25) is 0 Å². The van der Waals surface area contributed by atoms with Crippen molar-refractivity contribution in [2.24, 2.45) is 0 Å². The smallest absolute Gasteiger partial charge is 0.131 e. The summed E-state index contributed by atoms with van der Waals surface area (Å²) >= 11 is 0. The zero-order valence-corrected chi connectivity index (χ0v) is 48.9. The molecular formula is C71H70HfO6-2. The van der Waals surface area contributed by atoms with Gasteiger partial charge in [0.05, 0.1) is 25.8 Å². The Kier molecular flexibility index (Phi) is 19.1. The maximum Gasteiger partial charge on any atom is 0.131 e. The van der Waals surface area contributed by atoms with Gasteiger partial charge in [0, 0.05) is 65.6 Å². The van der Waals surface area contributed by atoms with E-state index in [1.165, 1.54) is 107 Å². The van der Waals surface area contributed by atoms with Crippen LogP contribution >= 0.6 is 0 Å². The summed E-state index contributed by atoms with van der Waals surface area (Å²) < 4.78 is 13.1. The number of phenolic OH excluding ortho intramolecular Hbond substituents is 2. The molecular weight excluding hydrogens is 1130 g/mol. The number of hydrogen-bond donors (Lipinski definition) is 2. The Morgan fingerprint density at radius 3 is 1.03 bits per heavy atom. The van der Waals surface area contributed by atoms with Crippen LogP contribution in [0, 0.1) is 13.8 Å². The summed E-state index contributed by atoms with van der Waals surface area (Å²) in [5.41, 5.74) is 23.3. The Balaban J connectivity index is 0.000000374. The summed E-state index contributed by atoms with van der Waals surface area (Å²) in [5, 5.41) is 24.5. The Hall–Kier alpha value is -6.83. The fourth-order valence-corrected chi connectivity index (χ4v) is 12.3. The van der Waals surface area contributed by atoms with Crippen LogP contribution < -0.4 is 9.47 Å². The minimum absolute atomic E-state index is 0. The van der Waals surface area contributed by atoms with Gasteiger partial charge in [0.1, 0.15) is 23.0 Å². The quantitative estimate of drug-likeness (QED) is 0.0719. The molecule has 0 aromatic heterocycles. The fourth-order valence-electron chi connectivity index (χ4n) is 12.3. The van der Waals surface area contributed by atoms with Crippen LogP contribution in [0.3, 0.4) is 0 Å². The van der Waals surface area contributed by atoms with Gasteiger partial charge >= 0.3 is 0 Å². The molecule has 4 aliphatic rings. The number of ether oxygens (including phenoxy) is 2. The molecule has 8 aromatic rings. The summed E-state index contributed by atoms with van der Waals surface area (Å²) in [6.07, 6.45) is 22.9. The molecule has 12 rings (SSSR count). The molecule has 0 bridgehead atoms. The van der Waals surface area contributed by atoms with Crippen molar-refractivity contribution in [2.75, 3.05) is 13.2 Å². The topological polar surface area (TPSA) is 93.1 Å². The molecule has 6 nitrogen and oxygen atoms in total. The van der Waals surface area contributed by atoms with Crippen molar-refractivity contribution < 1.29 is 55.1 Å². The molecule has 4 aliphatic carbocycles. The second kappa shape index (κ2) is 26.7. The van der Waals surface area contributed by atoms with Crippen molar-refractivity contribution >= 4 is 12.6 Å². The predicted octanol–water partition coefficient (Wildman–Crippen LogP) is 16.0. The monoisotopic (exact) mass is 1200 g/mol. The van der Waals surface area contributed by atoms with Crippen molar-refractivity contribution in [2.45, 2.75) is 123 Å². The van der Waals surface area contributed by atoms with Gasteiger partial charge in [0.15, 0.2) is 0 Å². The van der Waals surface area contributed by atoms with Crippen molar-refractivity contribution in [3.63, 3.8) is 0 Å². The molecule has 8 aromatic carbocycles. The van der Waals surface area contributed by atoms with Crippen molar-refractivity contribution in [3.05, 3.63) is 212 Å². The standard InChI is InChI=1S/C57H60O4.2C7H5O.Hf/c1-36-30-48(56(58)50(32-36)54-42-20-7-3-16-38(42)34-39-17-4-8-21-43(39)54)46-24-11-13-26-52(46)60-28-15-29-61-53-27-14-12-25-47(53)49-31-37(2)33-51(57(49)59)55-44-22-9-5-18-40(44)35-41-19-6-10-23-45(41)55;2*8-6-7-4-2-1-3-5-7;/h11-14,24-27,30-35,58-59H,3-10,15-23,28-29H2,1-2H3;2*1-5H;/q;2*-1;. The number of benzene rings is 8. The van der Waals surface area contributed by atoms with Crippen LogP contribution in [-0.4, -0.2) is 36.0 Å². The summed E-state index contributed by atoms with van der Waals surface area (Å²) in [5.74, 6) is 2.22. The number of aromatic hydroxyl groups is 2. The minimum atomic E-state index is 0. The summed E-state index contributed by atoms with van der Waals surface area (Å²) in [6, 6.07) is 47.7. The van der Waals surface area contributed by atoms with Gasteiger partial charge in [-0.25, -0.2) is 0 Å². The van der Waals surface area contributed by atoms with Gasteiger partial charge in [-0.15, -0.1) is 24.3 Å². The third-order valence-corrected chi connectivity index (χ3v) is 15.9. The van der Waals surface area contributed by atoms with Crippen LogP contribution in [0.25, 0.3) is 44.5 Å². The van der Waals surface area contributed by atoms with E-state index < -0.39 is 0 Å². The molecule has 0 saturated carbocycles. The van der Waals surface area contributed by atoms with E-state index in [-0.39, 0.29) is 25.8 Å². The second-order valence-corrected chi connectivity index (χ2v) is 21.3. The summed E-state index contributed by atoms with van der Waals surface area (Å²) in [4.78, 5) is 19.8. The van der Waals surface area contributed by atoms with Crippen LogP contribution in [-0.2, 0) is 86.8 Å². The van der Waals surface area contributed by atoms with E-state index in [1.54, 1.807) is 61.1 Å². The first-order chi connectivity index (χ1) is 37.8. The Morgan fingerprint density at radius 1 is 0.385 bits per heavy atom. The van der Waals surface area contributed by atoms with Gasteiger partial charge in [-0.1, -0.05) is 60.7 Å². The Bertz CT molecular complexity index is 3090.